The molecule has 0 saturated heterocycles. The Kier molecular flexibility index (Phi) is 7.87. The molecule has 0 aliphatic heterocycles. The zero-order chi connectivity index (χ0) is 24.7. The number of carbonyl (C=O) groups is 1. The van der Waals surface area contributed by atoms with Gasteiger partial charge in [-0.15, -0.1) is 0 Å². The fourth-order valence-electron chi connectivity index (χ4n) is 3.07. The lowest BCUT2D eigenvalue weighted by Gasteiger charge is -2.13. The largest absolute Gasteiger partial charge is 0.493 e. The van der Waals surface area contributed by atoms with E-state index >= 15 is 0 Å². The van der Waals surface area contributed by atoms with E-state index in [2.05, 4.69) is 20.0 Å². The standard InChI is InChI=1S/C22H26N6O5S/c1-14(29)27-17-4-6-18(7-5-17)34(30,31)26-9-10-33-19-8-3-15(12-20(19)32-2)11-16-13-25-22(24)28-21(16)23/h3-8,12-13,26H,9-11H2,1-2H3,(H,27,29)(H4,23,24,25,28). The zero-order valence-electron chi connectivity index (χ0n) is 18.7. The Bertz CT molecular complexity index is 1270. The average Bonchev–Trinajstić information content (AvgIpc) is 2.79. The molecule has 0 spiro atoms. The fourth-order valence-corrected chi connectivity index (χ4v) is 4.09. The highest BCUT2D eigenvalue weighted by Crippen LogP contribution is 2.29. The third-order valence-corrected chi connectivity index (χ3v) is 6.15. The van der Waals surface area contributed by atoms with Gasteiger partial charge in [-0.05, 0) is 42.0 Å². The lowest BCUT2D eigenvalue weighted by Crippen LogP contribution is -2.28. The summed E-state index contributed by atoms with van der Waals surface area (Å²) < 4.78 is 38.5. The number of nitrogens with zero attached hydrogens (tertiary/aromatic N) is 2. The maximum atomic E-state index is 12.5. The summed E-state index contributed by atoms with van der Waals surface area (Å²) >= 11 is 0. The molecule has 0 aliphatic rings. The van der Waals surface area contributed by atoms with Crippen LogP contribution in [0.1, 0.15) is 18.1 Å². The number of nitrogens with one attached hydrogen (secondary N) is 2. The molecule has 34 heavy (non-hydrogen) atoms. The van der Waals surface area contributed by atoms with Gasteiger partial charge in [0.05, 0.1) is 12.0 Å². The smallest absolute Gasteiger partial charge is 0.240 e. The van der Waals surface area contributed by atoms with Crippen LogP contribution in [-0.4, -0.2) is 44.6 Å². The molecule has 1 heterocycles. The van der Waals surface area contributed by atoms with E-state index in [1.54, 1.807) is 18.3 Å². The summed E-state index contributed by atoms with van der Waals surface area (Å²) in [5, 5.41) is 2.58. The number of amides is 1. The molecule has 2 aromatic carbocycles. The van der Waals surface area contributed by atoms with Gasteiger partial charge in [0.25, 0.3) is 0 Å². The summed E-state index contributed by atoms with van der Waals surface area (Å²) in [6.07, 6.45) is 2.05. The summed E-state index contributed by atoms with van der Waals surface area (Å²) in [6.45, 7) is 1.50. The van der Waals surface area contributed by atoms with Gasteiger partial charge in [-0.25, -0.2) is 18.1 Å². The predicted molar refractivity (Wildman–Crippen MR) is 128 cm³/mol. The number of rotatable bonds is 10. The van der Waals surface area contributed by atoms with Gasteiger partial charge in [0.2, 0.25) is 21.9 Å². The van der Waals surface area contributed by atoms with Crippen LogP contribution < -0.4 is 31.0 Å². The molecular formula is C22H26N6O5S. The van der Waals surface area contributed by atoms with E-state index in [1.807, 2.05) is 6.07 Å². The van der Waals surface area contributed by atoms with E-state index in [9.17, 15) is 13.2 Å². The Morgan fingerprint density at radius 3 is 2.47 bits per heavy atom. The number of nitrogens with two attached hydrogens (primary N) is 2. The van der Waals surface area contributed by atoms with Crippen molar-refractivity contribution in [1.29, 1.82) is 0 Å². The van der Waals surface area contributed by atoms with Gasteiger partial charge >= 0.3 is 0 Å². The molecule has 0 saturated carbocycles. The van der Waals surface area contributed by atoms with Gasteiger partial charge in [-0.1, -0.05) is 6.07 Å². The second-order valence-corrected chi connectivity index (χ2v) is 9.02. The molecule has 3 aromatic rings. The monoisotopic (exact) mass is 486 g/mol. The van der Waals surface area contributed by atoms with Gasteiger partial charge in [0.15, 0.2) is 11.5 Å². The first-order valence-electron chi connectivity index (χ1n) is 10.2. The number of benzene rings is 2. The maximum absolute atomic E-state index is 12.5. The Morgan fingerprint density at radius 2 is 1.82 bits per heavy atom. The van der Waals surface area contributed by atoms with Crippen LogP contribution in [0.15, 0.2) is 53.6 Å². The number of ether oxygens (including phenoxy) is 2. The molecule has 12 heteroatoms. The molecule has 0 radical (unpaired) electrons. The van der Waals surface area contributed by atoms with Crippen LogP contribution in [0.2, 0.25) is 0 Å². The quantitative estimate of drug-likeness (QED) is 0.310. The van der Waals surface area contributed by atoms with Crippen LogP contribution in [-0.2, 0) is 21.2 Å². The van der Waals surface area contributed by atoms with Crippen molar-refractivity contribution in [3.05, 3.63) is 59.8 Å². The van der Waals surface area contributed by atoms with E-state index in [0.717, 1.165) is 11.1 Å². The molecule has 0 bridgehead atoms. The number of carbonyl (C=O) groups excluding carboxylic acids is 1. The normalized spacial score (nSPS) is 11.1. The highest BCUT2D eigenvalue weighted by molar-refractivity contribution is 7.89. The van der Waals surface area contributed by atoms with Gasteiger partial charge in [-0.2, -0.15) is 4.98 Å². The summed E-state index contributed by atoms with van der Waals surface area (Å²) in [5.41, 5.74) is 13.6. The van der Waals surface area contributed by atoms with Crippen molar-refractivity contribution >= 4 is 33.4 Å². The van der Waals surface area contributed by atoms with Crippen molar-refractivity contribution in [2.45, 2.75) is 18.2 Å². The number of aromatic nitrogens is 2. The molecule has 1 amide bonds. The molecule has 180 valence electrons. The van der Waals surface area contributed by atoms with Crippen LogP contribution in [0.25, 0.3) is 0 Å². The van der Waals surface area contributed by atoms with Gasteiger partial charge < -0.3 is 26.3 Å². The number of nitrogen functional groups attached to an aromatic ring is 2. The average molecular weight is 487 g/mol. The minimum Gasteiger partial charge on any atom is -0.493 e. The van der Waals surface area contributed by atoms with Gasteiger partial charge in [-0.3, -0.25) is 4.79 Å². The zero-order valence-corrected chi connectivity index (χ0v) is 19.6. The minimum atomic E-state index is -3.73. The minimum absolute atomic E-state index is 0.0417. The van der Waals surface area contributed by atoms with Gasteiger partial charge in [0, 0.05) is 37.3 Å². The Hall–Kier alpha value is -3.90. The predicted octanol–water partition coefficient (Wildman–Crippen LogP) is 1.56. The third-order valence-electron chi connectivity index (χ3n) is 4.68. The van der Waals surface area contributed by atoms with Crippen molar-refractivity contribution in [2.75, 3.05) is 37.0 Å². The van der Waals surface area contributed by atoms with E-state index in [4.69, 9.17) is 20.9 Å². The number of hydrogen-bond acceptors (Lipinski definition) is 9. The summed E-state index contributed by atoms with van der Waals surface area (Å²) in [5.74, 6) is 1.14. The summed E-state index contributed by atoms with van der Waals surface area (Å²) in [4.78, 5) is 19.1. The summed E-state index contributed by atoms with van der Waals surface area (Å²) in [6, 6.07) is 11.2. The molecule has 1 aromatic heterocycles. The molecule has 6 N–H and O–H groups in total. The second-order valence-electron chi connectivity index (χ2n) is 7.25. The van der Waals surface area contributed by atoms with Crippen LogP contribution in [0.5, 0.6) is 11.5 Å². The Morgan fingerprint density at radius 1 is 1.09 bits per heavy atom. The molecule has 0 atom stereocenters. The van der Waals surface area contributed by atoms with Crippen molar-refractivity contribution in [3.63, 3.8) is 0 Å². The SMILES string of the molecule is COc1cc(Cc2cnc(N)nc2N)ccc1OCCNS(=O)(=O)c1ccc(NC(C)=O)cc1. The van der Waals surface area contributed by atoms with Gasteiger partial charge in [0.1, 0.15) is 12.4 Å². The van der Waals surface area contributed by atoms with Crippen LogP contribution in [0.4, 0.5) is 17.5 Å². The molecule has 0 aliphatic carbocycles. The second kappa shape index (κ2) is 10.8. The Labute approximate surface area is 197 Å². The van der Waals surface area contributed by atoms with E-state index < -0.39 is 10.0 Å². The Balaban J connectivity index is 1.57. The third kappa shape index (κ3) is 6.56. The van der Waals surface area contributed by atoms with Crippen molar-refractivity contribution in [2.24, 2.45) is 0 Å². The molecular weight excluding hydrogens is 460 g/mol. The molecule has 0 unspecified atom stereocenters. The van der Waals surface area contributed by atoms with E-state index in [1.165, 1.54) is 38.3 Å². The highest BCUT2D eigenvalue weighted by atomic mass is 32.2. The van der Waals surface area contributed by atoms with Crippen molar-refractivity contribution in [1.82, 2.24) is 14.7 Å². The van der Waals surface area contributed by atoms with Crippen LogP contribution in [0.3, 0.4) is 0 Å². The van der Waals surface area contributed by atoms with Crippen molar-refractivity contribution in [3.8, 4) is 11.5 Å². The first kappa shape index (κ1) is 24.7. The van der Waals surface area contributed by atoms with E-state index in [0.29, 0.717) is 29.4 Å². The number of methoxy groups -OCH3 is 1. The summed E-state index contributed by atoms with van der Waals surface area (Å²) in [7, 11) is -2.22. The lowest BCUT2D eigenvalue weighted by atomic mass is 10.1. The lowest BCUT2D eigenvalue weighted by molar-refractivity contribution is -0.114. The van der Waals surface area contributed by atoms with Crippen molar-refractivity contribution < 1.29 is 22.7 Å². The topological polar surface area (TPSA) is 172 Å². The fraction of sp³-hybridized carbons (Fsp3) is 0.227. The number of sulfonamides is 1. The first-order valence-corrected chi connectivity index (χ1v) is 11.7. The van der Waals surface area contributed by atoms with E-state index in [-0.39, 0.29) is 29.9 Å². The first-order chi connectivity index (χ1) is 16.2. The number of hydrogen-bond donors (Lipinski definition) is 4. The maximum Gasteiger partial charge on any atom is 0.240 e. The molecule has 3 rings (SSSR count). The highest BCUT2D eigenvalue weighted by Gasteiger charge is 2.14. The molecule has 0 fully saturated rings. The van der Waals surface area contributed by atoms with Crippen LogP contribution >= 0.6 is 0 Å². The number of anilines is 3. The van der Waals surface area contributed by atoms with Crippen LogP contribution in [0, 0.1) is 0 Å². The molecule has 11 nitrogen and oxygen atoms in total.